The minimum atomic E-state index is -0.229. The molecule has 0 spiro atoms. The molecule has 1 fully saturated rings. The van der Waals surface area contributed by atoms with E-state index in [9.17, 15) is 9.59 Å². The van der Waals surface area contributed by atoms with E-state index in [0.29, 0.717) is 24.3 Å². The number of carbonyl (C=O) groups is 2. The third-order valence-electron chi connectivity index (χ3n) is 6.01. The highest BCUT2D eigenvalue weighted by atomic mass is 16.5. The standard InChI is InChI=1S/C25H30N4O4/c1-28-9-11-29(12-10-28)26-16-18-3-5-20(6-4-18)25(31)27-22-8-7-21-13-19(14-24(30)32-2)17-33-23(21)15-22/h3-8,15-16,19H,9-14,17H2,1-2H3,(H,27,31)/b26-16+. The first-order valence-corrected chi connectivity index (χ1v) is 11.2. The molecule has 8 nitrogen and oxygen atoms in total. The van der Waals surface area contributed by atoms with Crippen LogP contribution in [0.4, 0.5) is 5.69 Å². The Morgan fingerprint density at radius 1 is 1.15 bits per heavy atom. The number of nitrogens with one attached hydrogen (secondary N) is 1. The van der Waals surface area contributed by atoms with Crippen molar-refractivity contribution in [3.05, 3.63) is 59.2 Å². The van der Waals surface area contributed by atoms with E-state index in [-0.39, 0.29) is 17.8 Å². The summed E-state index contributed by atoms with van der Waals surface area (Å²) in [5.41, 5.74) is 3.22. The van der Waals surface area contributed by atoms with Gasteiger partial charge in [-0.1, -0.05) is 18.2 Å². The smallest absolute Gasteiger partial charge is 0.305 e. The van der Waals surface area contributed by atoms with Gasteiger partial charge in [0, 0.05) is 49.4 Å². The SMILES string of the molecule is COC(=O)CC1COc2cc(NC(=O)c3ccc(/C=N/N4CCN(C)CC4)cc3)ccc2C1. The largest absolute Gasteiger partial charge is 0.493 e. The van der Waals surface area contributed by atoms with E-state index < -0.39 is 0 Å². The van der Waals surface area contributed by atoms with E-state index in [0.717, 1.165) is 49.5 Å². The van der Waals surface area contributed by atoms with Crippen LogP contribution in [0.1, 0.15) is 27.9 Å². The summed E-state index contributed by atoms with van der Waals surface area (Å²) < 4.78 is 10.6. The number of amides is 1. The minimum Gasteiger partial charge on any atom is -0.493 e. The minimum absolute atomic E-state index is 0.101. The first-order valence-electron chi connectivity index (χ1n) is 11.2. The second-order valence-electron chi connectivity index (χ2n) is 8.56. The Balaban J connectivity index is 1.32. The van der Waals surface area contributed by atoms with E-state index >= 15 is 0 Å². The molecular formula is C25H30N4O4. The summed E-state index contributed by atoms with van der Waals surface area (Å²) in [6.45, 7) is 4.32. The Kier molecular flexibility index (Phi) is 7.24. The normalized spacial score (nSPS) is 18.5. The van der Waals surface area contributed by atoms with Crippen LogP contribution in [0.15, 0.2) is 47.6 Å². The van der Waals surface area contributed by atoms with Gasteiger partial charge in [-0.3, -0.25) is 14.6 Å². The highest BCUT2D eigenvalue weighted by Crippen LogP contribution is 2.31. The molecule has 1 saturated heterocycles. The van der Waals surface area contributed by atoms with Gasteiger partial charge in [-0.05, 0) is 42.8 Å². The van der Waals surface area contributed by atoms with Crippen molar-refractivity contribution in [3.8, 4) is 5.75 Å². The van der Waals surface area contributed by atoms with Gasteiger partial charge in [0.15, 0.2) is 0 Å². The molecule has 2 aromatic rings. The third kappa shape index (κ3) is 6.10. The van der Waals surface area contributed by atoms with Crippen molar-refractivity contribution in [2.45, 2.75) is 12.8 Å². The molecule has 4 rings (SSSR count). The van der Waals surface area contributed by atoms with Crippen LogP contribution in [-0.4, -0.2) is 74.9 Å². The van der Waals surface area contributed by atoms with Crippen molar-refractivity contribution < 1.29 is 19.1 Å². The fourth-order valence-electron chi connectivity index (χ4n) is 3.95. The molecule has 0 radical (unpaired) electrons. The molecule has 33 heavy (non-hydrogen) atoms. The molecule has 1 atom stereocenters. The molecule has 2 aromatic carbocycles. The summed E-state index contributed by atoms with van der Waals surface area (Å²) in [5, 5.41) is 9.53. The molecule has 2 aliphatic rings. The van der Waals surface area contributed by atoms with Crippen molar-refractivity contribution in [2.24, 2.45) is 11.0 Å². The number of rotatable bonds is 6. The van der Waals surface area contributed by atoms with Gasteiger partial charge < -0.3 is 19.7 Å². The summed E-state index contributed by atoms with van der Waals surface area (Å²) in [4.78, 5) is 26.5. The summed E-state index contributed by atoms with van der Waals surface area (Å²) in [5.74, 6) is 0.428. The number of fused-ring (bicyclic) bond motifs is 1. The van der Waals surface area contributed by atoms with Gasteiger partial charge in [0.2, 0.25) is 0 Å². The maximum absolute atomic E-state index is 12.7. The van der Waals surface area contributed by atoms with Crippen LogP contribution in [0.2, 0.25) is 0 Å². The quantitative estimate of drug-likeness (QED) is 0.538. The Morgan fingerprint density at radius 2 is 1.91 bits per heavy atom. The third-order valence-corrected chi connectivity index (χ3v) is 6.01. The number of esters is 1. The zero-order valence-electron chi connectivity index (χ0n) is 19.1. The second-order valence-corrected chi connectivity index (χ2v) is 8.56. The Morgan fingerprint density at radius 3 is 2.64 bits per heavy atom. The monoisotopic (exact) mass is 450 g/mol. The number of nitrogens with zero attached hydrogens (tertiary/aromatic N) is 3. The van der Waals surface area contributed by atoms with Crippen LogP contribution in [0.5, 0.6) is 5.75 Å². The van der Waals surface area contributed by atoms with Gasteiger partial charge in [-0.2, -0.15) is 5.10 Å². The van der Waals surface area contributed by atoms with Crippen molar-refractivity contribution in [2.75, 3.05) is 52.3 Å². The Labute approximate surface area is 194 Å². The Hall–Kier alpha value is -3.39. The van der Waals surface area contributed by atoms with Crippen LogP contribution in [0, 0.1) is 5.92 Å². The summed E-state index contributed by atoms with van der Waals surface area (Å²) in [6, 6.07) is 13.0. The number of ether oxygens (including phenoxy) is 2. The zero-order chi connectivity index (χ0) is 23.2. The number of piperazine rings is 1. The fraction of sp³-hybridized carbons (Fsp3) is 0.400. The predicted octanol–water partition coefficient (Wildman–Crippen LogP) is 2.63. The van der Waals surface area contributed by atoms with Crippen LogP contribution >= 0.6 is 0 Å². The summed E-state index contributed by atoms with van der Waals surface area (Å²) in [6.07, 6.45) is 2.92. The highest BCUT2D eigenvalue weighted by Gasteiger charge is 2.23. The molecule has 2 heterocycles. The van der Waals surface area contributed by atoms with Crippen molar-refractivity contribution in [1.82, 2.24) is 9.91 Å². The summed E-state index contributed by atoms with van der Waals surface area (Å²) in [7, 11) is 3.51. The van der Waals surface area contributed by atoms with Crippen LogP contribution in [-0.2, 0) is 16.0 Å². The molecular weight excluding hydrogens is 420 g/mol. The van der Waals surface area contributed by atoms with E-state index in [1.54, 1.807) is 12.1 Å². The second kappa shape index (κ2) is 10.5. The number of hydrogen-bond acceptors (Lipinski definition) is 7. The number of anilines is 1. The topological polar surface area (TPSA) is 83.5 Å². The molecule has 174 valence electrons. The molecule has 1 N–H and O–H groups in total. The molecule has 8 heteroatoms. The molecule has 0 aliphatic carbocycles. The van der Waals surface area contributed by atoms with Gasteiger partial charge >= 0.3 is 5.97 Å². The number of likely N-dealkylation sites (N-methyl/N-ethyl adjacent to an activating group) is 1. The van der Waals surface area contributed by atoms with Gasteiger partial charge in [0.05, 0.1) is 26.4 Å². The van der Waals surface area contributed by atoms with Gasteiger partial charge in [-0.15, -0.1) is 0 Å². The van der Waals surface area contributed by atoms with Gasteiger partial charge in [0.25, 0.3) is 5.91 Å². The average Bonchev–Trinajstić information content (AvgIpc) is 2.84. The van der Waals surface area contributed by atoms with Crippen LogP contribution < -0.4 is 10.1 Å². The molecule has 0 aromatic heterocycles. The van der Waals surface area contributed by atoms with E-state index in [2.05, 4.69) is 27.4 Å². The lowest BCUT2D eigenvalue weighted by Crippen LogP contribution is -2.41. The Bertz CT molecular complexity index is 1010. The molecule has 0 bridgehead atoms. The zero-order valence-corrected chi connectivity index (χ0v) is 19.1. The highest BCUT2D eigenvalue weighted by molar-refractivity contribution is 6.04. The lowest BCUT2D eigenvalue weighted by atomic mass is 9.94. The number of carbonyl (C=O) groups excluding carboxylic acids is 2. The fourth-order valence-corrected chi connectivity index (χ4v) is 3.95. The van der Waals surface area contributed by atoms with Gasteiger partial charge in [-0.25, -0.2) is 0 Å². The van der Waals surface area contributed by atoms with E-state index in [1.807, 2.05) is 36.5 Å². The molecule has 0 saturated carbocycles. The number of benzene rings is 2. The van der Waals surface area contributed by atoms with Crippen molar-refractivity contribution in [3.63, 3.8) is 0 Å². The van der Waals surface area contributed by atoms with E-state index in [4.69, 9.17) is 9.47 Å². The van der Waals surface area contributed by atoms with E-state index in [1.165, 1.54) is 7.11 Å². The molecule has 1 amide bonds. The maximum atomic E-state index is 12.7. The van der Waals surface area contributed by atoms with Crippen molar-refractivity contribution >= 4 is 23.8 Å². The first kappa shape index (κ1) is 22.8. The lowest BCUT2D eigenvalue weighted by molar-refractivity contribution is -0.142. The summed E-state index contributed by atoms with van der Waals surface area (Å²) >= 11 is 0. The predicted molar refractivity (Wildman–Crippen MR) is 127 cm³/mol. The number of hydrazone groups is 1. The van der Waals surface area contributed by atoms with Crippen LogP contribution in [0.3, 0.4) is 0 Å². The van der Waals surface area contributed by atoms with Crippen LogP contribution in [0.25, 0.3) is 0 Å². The van der Waals surface area contributed by atoms with Gasteiger partial charge in [0.1, 0.15) is 5.75 Å². The average molecular weight is 451 g/mol. The first-order chi connectivity index (χ1) is 16.0. The van der Waals surface area contributed by atoms with Crippen molar-refractivity contribution in [1.29, 1.82) is 0 Å². The molecule has 1 unspecified atom stereocenters. The number of hydrogen-bond donors (Lipinski definition) is 1. The molecule has 2 aliphatic heterocycles. The number of methoxy groups -OCH3 is 1. The lowest BCUT2D eigenvalue weighted by Gasteiger charge is -2.30. The maximum Gasteiger partial charge on any atom is 0.305 e.